The maximum Gasteiger partial charge on any atom is 0.223 e. The van der Waals surface area contributed by atoms with Crippen LogP contribution < -0.4 is 5.32 Å². The average molecular weight is 336 g/mol. The third-order valence-corrected chi connectivity index (χ3v) is 5.11. The maximum atomic E-state index is 12.6. The number of likely N-dealkylation sites (tertiary alicyclic amines) is 1. The molecular weight excluding hydrogens is 308 g/mol. The van der Waals surface area contributed by atoms with E-state index in [-0.39, 0.29) is 17.9 Å². The molecule has 0 bridgehead atoms. The summed E-state index contributed by atoms with van der Waals surface area (Å²) >= 11 is 0. The van der Waals surface area contributed by atoms with Crippen molar-refractivity contribution in [1.82, 2.24) is 10.2 Å². The summed E-state index contributed by atoms with van der Waals surface area (Å²) in [6.07, 6.45) is 1.89. The Morgan fingerprint density at radius 1 is 1.12 bits per heavy atom. The van der Waals surface area contributed by atoms with Crippen LogP contribution in [0, 0.1) is 12.8 Å². The summed E-state index contributed by atoms with van der Waals surface area (Å²) in [4.78, 5) is 15.0. The predicted octanol–water partition coefficient (Wildman–Crippen LogP) is 4.08. The molecule has 0 spiro atoms. The van der Waals surface area contributed by atoms with Gasteiger partial charge in [-0.3, -0.25) is 9.69 Å². The number of hydrogen-bond donors (Lipinski definition) is 1. The van der Waals surface area contributed by atoms with E-state index in [1.54, 1.807) is 0 Å². The van der Waals surface area contributed by atoms with Crippen LogP contribution in [-0.2, 0) is 11.3 Å². The molecule has 0 saturated carbocycles. The van der Waals surface area contributed by atoms with E-state index in [1.165, 1.54) is 11.1 Å². The topological polar surface area (TPSA) is 32.3 Å². The molecule has 1 fully saturated rings. The van der Waals surface area contributed by atoms with Crippen LogP contribution >= 0.6 is 0 Å². The van der Waals surface area contributed by atoms with E-state index >= 15 is 0 Å². The standard InChI is InChI=1S/C22H28N2O/c1-17-7-6-8-19(15-17)16-24-13-11-21(12-14-24)22(25)23-18(2)20-9-4-3-5-10-20/h3-10,15,18,21H,11-14,16H2,1-2H3,(H,23,25)/t18-/m0/s1. The number of nitrogens with one attached hydrogen (secondary N) is 1. The molecule has 1 amide bonds. The molecule has 25 heavy (non-hydrogen) atoms. The summed E-state index contributed by atoms with van der Waals surface area (Å²) in [7, 11) is 0. The molecule has 3 nitrogen and oxygen atoms in total. The van der Waals surface area contributed by atoms with Crippen molar-refractivity contribution in [3.8, 4) is 0 Å². The van der Waals surface area contributed by atoms with Crippen LogP contribution in [0.5, 0.6) is 0 Å². The summed E-state index contributed by atoms with van der Waals surface area (Å²) in [6.45, 7) is 7.15. The number of piperidine rings is 1. The van der Waals surface area contributed by atoms with Crippen LogP contribution in [-0.4, -0.2) is 23.9 Å². The van der Waals surface area contributed by atoms with E-state index in [0.29, 0.717) is 0 Å². The van der Waals surface area contributed by atoms with E-state index in [1.807, 2.05) is 18.2 Å². The Balaban J connectivity index is 1.47. The minimum atomic E-state index is 0.0685. The van der Waals surface area contributed by atoms with Gasteiger partial charge in [-0.15, -0.1) is 0 Å². The van der Waals surface area contributed by atoms with Crippen molar-refractivity contribution in [3.63, 3.8) is 0 Å². The van der Waals surface area contributed by atoms with Crippen molar-refractivity contribution in [2.24, 2.45) is 5.92 Å². The van der Waals surface area contributed by atoms with E-state index in [4.69, 9.17) is 0 Å². The van der Waals surface area contributed by atoms with Crippen molar-refractivity contribution in [2.45, 2.75) is 39.3 Å². The van der Waals surface area contributed by atoms with E-state index in [0.717, 1.165) is 38.0 Å². The van der Waals surface area contributed by atoms with Crippen LogP contribution in [0.2, 0.25) is 0 Å². The number of rotatable bonds is 5. The molecule has 1 aliphatic rings. The van der Waals surface area contributed by atoms with Gasteiger partial charge in [0.05, 0.1) is 6.04 Å². The lowest BCUT2D eigenvalue weighted by Crippen LogP contribution is -2.40. The van der Waals surface area contributed by atoms with Crippen LogP contribution in [0.25, 0.3) is 0 Å². The highest BCUT2D eigenvalue weighted by Crippen LogP contribution is 2.21. The first-order valence-corrected chi connectivity index (χ1v) is 9.25. The van der Waals surface area contributed by atoms with Crippen molar-refractivity contribution >= 4 is 5.91 Å². The third kappa shape index (κ3) is 4.93. The Labute approximate surface area is 151 Å². The van der Waals surface area contributed by atoms with Crippen molar-refractivity contribution in [3.05, 3.63) is 71.3 Å². The number of amides is 1. The number of aryl methyl sites for hydroxylation is 1. The Morgan fingerprint density at radius 2 is 1.84 bits per heavy atom. The second-order valence-electron chi connectivity index (χ2n) is 7.18. The van der Waals surface area contributed by atoms with E-state index < -0.39 is 0 Å². The SMILES string of the molecule is Cc1cccc(CN2CCC(C(=O)N[C@@H](C)c3ccccc3)CC2)c1. The maximum absolute atomic E-state index is 12.6. The monoisotopic (exact) mass is 336 g/mol. The lowest BCUT2D eigenvalue weighted by molar-refractivity contribution is -0.127. The fourth-order valence-electron chi connectivity index (χ4n) is 3.58. The summed E-state index contributed by atoms with van der Waals surface area (Å²) < 4.78 is 0. The van der Waals surface area contributed by atoms with Crippen LogP contribution in [0.4, 0.5) is 0 Å². The second-order valence-corrected chi connectivity index (χ2v) is 7.18. The van der Waals surface area contributed by atoms with Gasteiger partial charge < -0.3 is 5.32 Å². The molecule has 1 N–H and O–H groups in total. The van der Waals surface area contributed by atoms with Crippen molar-refractivity contribution < 1.29 is 4.79 Å². The van der Waals surface area contributed by atoms with Gasteiger partial charge >= 0.3 is 0 Å². The highest BCUT2D eigenvalue weighted by molar-refractivity contribution is 5.79. The van der Waals surface area contributed by atoms with Gasteiger partial charge in [-0.05, 0) is 50.9 Å². The number of hydrogen-bond acceptors (Lipinski definition) is 2. The second kappa shape index (κ2) is 8.30. The molecule has 1 saturated heterocycles. The first-order valence-electron chi connectivity index (χ1n) is 9.25. The first kappa shape index (κ1) is 17.7. The van der Waals surface area contributed by atoms with E-state index in [9.17, 15) is 4.79 Å². The molecule has 0 radical (unpaired) electrons. The van der Waals surface area contributed by atoms with Gasteiger partial charge in [-0.1, -0.05) is 60.2 Å². The molecule has 0 aromatic heterocycles. The molecule has 0 unspecified atom stereocenters. The van der Waals surface area contributed by atoms with Gasteiger partial charge in [0.15, 0.2) is 0 Å². The largest absolute Gasteiger partial charge is 0.349 e. The molecule has 1 heterocycles. The van der Waals surface area contributed by atoms with Gasteiger partial charge in [0, 0.05) is 12.5 Å². The Kier molecular flexibility index (Phi) is 5.87. The lowest BCUT2D eigenvalue weighted by Gasteiger charge is -2.32. The number of benzene rings is 2. The van der Waals surface area contributed by atoms with Gasteiger partial charge in [0.25, 0.3) is 0 Å². The highest BCUT2D eigenvalue weighted by Gasteiger charge is 2.25. The predicted molar refractivity (Wildman–Crippen MR) is 102 cm³/mol. The number of carbonyl (C=O) groups excluding carboxylic acids is 1. The summed E-state index contributed by atoms with van der Waals surface area (Å²) in [6, 6.07) is 18.9. The average Bonchev–Trinajstić information content (AvgIpc) is 2.63. The minimum Gasteiger partial charge on any atom is -0.349 e. The van der Waals surface area contributed by atoms with Crippen molar-refractivity contribution in [1.29, 1.82) is 0 Å². The van der Waals surface area contributed by atoms with Gasteiger partial charge in [-0.25, -0.2) is 0 Å². The Bertz CT molecular complexity index is 690. The molecular formula is C22H28N2O. The zero-order valence-electron chi connectivity index (χ0n) is 15.2. The molecule has 3 heteroatoms. The number of carbonyl (C=O) groups is 1. The molecule has 1 atom stereocenters. The normalized spacial score (nSPS) is 17.2. The summed E-state index contributed by atoms with van der Waals surface area (Å²) in [5, 5.41) is 3.18. The van der Waals surface area contributed by atoms with Crippen molar-refractivity contribution in [2.75, 3.05) is 13.1 Å². The third-order valence-electron chi connectivity index (χ3n) is 5.11. The zero-order valence-corrected chi connectivity index (χ0v) is 15.2. The first-order chi connectivity index (χ1) is 12.1. The van der Waals surface area contributed by atoms with Crippen LogP contribution in [0.15, 0.2) is 54.6 Å². The fraction of sp³-hybridized carbons (Fsp3) is 0.409. The smallest absolute Gasteiger partial charge is 0.223 e. The Hall–Kier alpha value is -2.13. The minimum absolute atomic E-state index is 0.0685. The van der Waals surface area contributed by atoms with Gasteiger partial charge in [0.1, 0.15) is 0 Å². The summed E-state index contributed by atoms with van der Waals surface area (Å²) in [5.74, 6) is 0.339. The lowest BCUT2D eigenvalue weighted by atomic mass is 9.94. The fourth-order valence-corrected chi connectivity index (χ4v) is 3.58. The molecule has 0 aliphatic carbocycles. The molecule has 1 aliphatic heterocycles. The van der Waals surface area contributed by atoms with E-state index in [2.05, 4.69) is 60.5 Å². The Morgan fingerprint density at radius 3 is 2.52 bits per heavy atom. The van der Waals surface area contributed by atoms with Gasteiger partial charge in [-0.2, -0.15) is 0 Å². The quantitative estimate of drug-likeness (QED) is 0.892. The molecule has 3 rings (SSSR count). The number of nitrogens with zero attached hydrogens (tertiary/aromatic N) is 1. The summed E-state index contributed by atoms with van der Waals surface area (Å²) in [5.41, 5.74) is 3.83. The van der Waals surface area contributed by atoms with Crippen LogP contribution in [0.3, 0.4) is 0 Å². The molecule has 2 aromatic carbocycles. The highest BCUT2D eigenvalue weighted by atomic mass is 16.1. The van der Waals surface area contributed by atoms with Gasteiger partial charge in [0.2, 0.25) is 5.91 Å². The molecule has 2 aromatic rings. The zero-order chi connectivity index (χ0) is 17.6. The molecule has 132 valence electrons. The van der Waals surface area contributed by atoms with Crippen LogP contribution in [0.1, 0.15) is 42.5 Å².